The van der Waals surface area contributed by atoms with Crippen LogP contribution in [0.2, 0.25) is 0 Å². The van der Waals surface area contributed by atoms with Crippen molar-refractivity contribution in [3.63, 3.8) is 0 Å². The van der Waals surface area contributed by atoms with Crippen molar-refractivity contribution in [2.24, 2.45) is 0 Å². The van der Waals surface area contributed by atoms with Crippen LogP contribution in [0.4, 0.5) is 0 Å². The van der Waals surface area contributed by atoms with Crippen molar-refractivity contribution in [1.29, 1.82) is 0 Å². The molecule has 2 aromatic heterocycles. The standard InChI is InChI=1S/C21H17NO4S2/c1-26-14-8-6-13(7-9-14)19(23)17-18(16-5-3-11-28-16)22(21(25)20(17)24)12-15-4-2-10-27-15/h2-11,18,23H,12H2,1H3/b19-17-. The van der Waals surface area contributed by atoms with E-state index in [1.165, 1.54) is 27.6 Å². The fourth-order valence-electron chi connectivity index (χ4n) is 3.26. The lowest BCUT2D eigenvalue weighted by Gasteiger charge is -2.23. The summed E-state index contributed by atoms with van der Waals surface area (Å²) in [4.78, 5) is 29.0. The maximum atomic E-state index is 12.9. The van der Waals surface area contributed by atoms with Gasteiger partial charge in [-0.1, -0.05) is 12.1 Å². The Bertz CT molecular complexity index is 1020. The molecule has 0 radical (unpaired) electrons. The summed E-state index contributed by atoms with van der Waals surface area (Å²) >= 11 is 2.98. The molecule has 1 aromatic carbocycles. The number of methoxy groups -OCH3 is 1. The molecule has 3 heterocycles. The first-order valence-electron chi connectivity index (χ1n) is 8.58. The van der Waals surface area contributed by atoms with Gasteiger partial charge < -0.3 is 14.7 Å². The molecule has 1 aliphatic rings. The van der Waals surface area contributed by atoms with E-state index >= 15 is 0 Å². The van der Waals surface area contributed by atoms with Gasteiger partial charge in [-0.25, -0.2) is 0 Å². The summed E-state index contributed by atoms with van der Waals surface area (Å²) in [5.74, 6) is -0.789. The van der Waals surface area contributed by atoms with Crippen molar-refractivity contribution >= 4 is 40.1 Å². The van der Waals surface area contributed by atoms with Crippen molar-refractivity contribution in [3.05, 3.63) is 80.2 Å². The second kappa shape index (κ2) is 7.61. The summed E-state index contributed by atoms with van der Waals surface area (Å²) in [7, 11) is 1.56. The van der Waals surface area contributed by atoms with Gasteiger partial charge >= 0.3 is 0 Å². The summed E-state index contributed by atoms with van der Waals surface area (Å²) in [6.45, 7) is 0.324. The molecule has 1 atom stereocenters. The van der Waals surface area contributed by atoms with Crippen molar-refractivity contribution in [1.82, 2.24) is 4.90 Å². The summed E-state index contributed by atoms with van der Waals surface area (Å²) in [6.07, 6.45) is 0. The lowest BCUT2D eigenvalue weighted by atomic mass is 10.00. The lowest BCUT2D eigenvalue weighted by Crippen LogP contribution is -2.28. The molecule has 1 N–H and O–H groups in total. The fourth-order valence-corrected chi connectivity index (χ4v) is 4.81. The number of aliphatic hydroxyl groups excluding tert-OH is 1. The van der Waals surface area contributed by atoms with Gasteiger partial charge in [-0.05, 0) is 47.2 Å². The average molecular weight is 412 g/mol. The van der Waals surface area contributed by atoms with E-state index in [1.54, 1.807) is 31.4 Å². The van der Waals surface area contributed by atoms with E-state index in [2.05, 4.69) is 0 Å². The van der Waals surface area contributed by atoms with Crippen molar-refractivity contribution in [2.75, 3.05) is 7.11 Å². The van der Waals surface area contributed by atoms with Crippen LogP contribution in [0.15, 0.2) is 64.9 Å². The molecule has 28 heavy (non-hydrogen) atoms. The van der Waals surface area contributed by atoms with Gasteiger partial charge in [0.15, 0.2) is 0 Å². The van der Waals surface area contributed by atoms with E-state index < -0.39 is 17.7 Å². The van der Waals surface area contributed by atoms with E-state index in [0.29, 0.717) is 17.9 Å². The third kappa shape index (κ3) is 3.23. The molecule has 1 aliphatic heterocycles. The molecule has 1 saturated heterocycles. The number of nitrogens with zero attached hydrogens (tertiary/aromatic N) is 1. The normalized spacial score (nSPS) is 18.6. The Morgan fingerprint density at radius 1 is 1.07 bits per heavy atom. The zero-order chi connectivity index (χ0) is 19.7. The largest absolute Gasteiger partial charge is 0.507 e. The minimum atomic E-state index is -0.664. The van der Waals surface area contributed by atoms with Crippen molar-refractivity contribution in [2.45, 2.75) is 12.6 Å². The second-order valence-corrected chi connectivity index (χ2v) is 8.26. The second-order valence-electron chi connectivity index (χ2n) is 6.25. The Morgan fingerprint density at radius 2 is 1.79 bits per heavy atom. The van der Waals surface area contributed by atoms with Crippen LogP contribution in [0.1, 0.15) is 21.4 Å². The number of likely N-dealkylation sites (tertiary alicyclic amines) is 1. The number of hydrogen-bond donors (Lipinski definition) is 1. The van der Waals surface area contributed by atoms with Crippen LogP contribution >= 0.6 is 22.7 Å². The molecule has 1 fully saturated rings. The summed E-state index contributed by atoms with van der Waals surface area (Å²) in [5.41, 5.74) is 0.589. The van der Waals surface area contributed by atoms with Crippen LogP contribution in [0, 0.1) is 0 Å². The predicted octanol–water partition coefficient (Wildman–Crippen LogP) is 4.44. The number of ketones is 1. The molecule has 1 amide bonds. The first-order valence-corrected chi connectivity index (χ1v) is 10.3. The Kier molecular flexibility index (Phi) is 5.02. The minimum absolute atomic E-state index is 0.120. The third-order valence-corrected chi connectivity index (χ3v) is 6.41. The molecular formula is C21H17NO4S2. The van der Waals surface area contributed by atoms with Gasteiger partial charge in [0, 0.05) is 15.3 Å². The topological polar surface area (TPSA) is 66.8 Å². The number of Topliss-reactive ketones (excluding diaryl/α,β-unsaturated/α-hetero) is 1. The highest BCUT2D eigenvalue weighted by Gasteiger charge is 2.46. The van der Waals surface area contributed by atoms with Gasteiger partial charge in [-0.2, -0.15) is 0 Å². The number of rotatable bonds is 5. The highest BCUT2D eigenvalue weighted by molar-refractivity contribution is 7.10. The fraction of sp³-hybridized carbons (Fsp3) is 0.143. The first kappa shape index (κ1) is 18.5. The van der Waals surface area contributed by atoms with Crippen LogP contribution < -0.4 is 4.74 Å². The maximum Gasteiger partial charge on any atom is 0.296 e. The van der Waals surface area contributed by atoms with Gasteiger partial charge in [-0.3, -0.25) is 9.59 Å². The van der Waals surface area contributed by atoms with Crippen LogP contribution in [-0.2, 0) is 16.1 Å². The SMILES string of the molecule is COc1ccc(/C(O)=C2/C(=O)C(=O)N(Cc3cccs3)C2c2cccs2)cc1. The number of aliphatic hydroxyl groups is 1. The van der Waals surface area contributed by atoms with Gasteiger partial charge in [0.05, 0.1) is 19.2 Å². The first-order chi connectivity index (χ1) is 13.6. The number of ether oxygens (including phenoxy) is 1. The minimum Gasteiger partial charge on any atom is -0.507 e. The van der Waals surface area contributed by atoms with Gasteiger partial charge in [0.25, 0.3) is 11.7 Å². The van der Waals surface area contributed by atoms with E-state index in [4.69, 9.17) is 4.74 Å². The van der Waals surface area contributed by atoms with Crippen molar-refractivity contribution < 1.29 is 19.4 Å². The Hall–Kier alpha value is -2.90. The smallest absolute Gasteiger partial charge is 0.296 e. The monoisotopic (exact) mass is 411 g/mol. The number of carbonyl (C=O) groups excluding carboxylic acids is 2. The molecule has 142 valence electrons. The molecule has 5 nitrogen and oxygen atoms in total. The molecule has 0 bridgehead atoms. The number of hydrogen-bond acceptors (Lipinski definition) is 6. The molecule has 0 saturated carbocycles. The predicted molar refractivity (Wildman–Crippen MR) is 109 cm³/mol. The molecule has 4 rings (SSSR count). The van der Waals surface area contributed by atoms with E-state index in [-0.39, 0.29) is 11.3 Å². The Morgan fingerprint density at radius 3 is 2.39 bits per heavy atom. The van der Waals surface area contributed by atoms with Crippen LogP contribution in [0.5, 0.6) is 5.75 Å². The molecule has 3 aromatic rings. The third-order valence-electron chi connectivity index (χ3n) is 4.62. The quantitative estimate of drug-likeness (QED) is 0.383. The van der Waals surface area contributed by atoms with Gasteiger partial charge in [-0.15, -0.1) is 22.7 Å². The van der Waals surface area contributed by atoms with E-state index in [0.717, 1.165) is 9.75 Å². The van der Waals surface area contributed by atoms with Gasteiger partial charge in [0.1, 0.15) is 17.6 Å². The number of carbonyl (C=O) groups is 2. The van der Waals surface area contributed by atoms with E-state index in [9.17, 15) is 14.7 Å². The van der Waals surface area contributed by atoms with Crippen LogP contribution in [-0.4, -0.2) is 28.8 Å². The molecule has 0 spiro atoms. The van der Waals surface area contributed by atoms with Crippen LogP contribution in [0.3, 0.4) is 0 Å². The Balaban J connectivity index is 1.81. The summed E-state index contributed by atoms with van der Waals surface area (Å²) < 4.78 is 5.14. The number of benzene rings is 1. The highest BCUT2D eigenvalue weighted by Crippen LogP contribution is 2.42. The van der Waals surface area contributed by atoms with Crippen molar-refractivity contribution in [3.8, 4) is 5.75 Å². The van der Waals surface area contributed by atoms with E-state index in [1.807, 2.05) is 35.0 Å². The molecular weight excluding hydrogens is 394 g/mol. The zero-order valence-corrected chi connectivity index (χ0v) is 16.6. The maximum absolute atomic E-state index is 12.9. The Labute approximate surface area is 170 Å². The van der Waals surface area contributed by atoms with Crippen LogP contribution in [0.25, 0.3) is 5.76 Å². The summed E-state index contributed by atoms with van der Waals surface area (Å²) in [5, 5.41) is 14.8. The number of amides is 1. The lowest BCUT2D eigenvalue weighted by molar-refractivity contribution is -0.140. The zero-order valence-electron chi connectivity index (χ0n) is 15.0. The molecule has 7 heteroatoms. The average Bonchev–Trinajstić information content (AvgIpc) is 3.46. The van der Waals surface area contributed by atoms with Gasteiger partial charge in [0.2, 0.25) is 0 Å². The highest BCUT2D eigenvalue weighted by atomic mass is 32.1. The molecule has 1 unspecified atom stereocenters. The summed E-state index contributed by atoms with van der Waals surface area (Å²) in [6, 6.07) is 13.7. The molecule has 0 aliphatic carbocycles. The number of thiophene rings is 2.